The molecule has 0 spiro atoms. The first-order valence-corrected chi connectivity index (χ1v) is 8.53. The molecule has 0 bridgehead atoms. The number of nitrogens with zero attached hydrogens (tertiary/aromatic N) is 4. The van der Waals surface area contributed by atoms with Gasteiger partial charge < -0.3 is 4.90 Å². The SMILES string of the molecule is CN(CC(F)F)C(=O)Nc1nnc(SCc2ccc(C#N)cc2)s1. The minimum Gasteiger partial charge on any atom is -0.322 e. The summed E-state index contributed by atoms with van der Waals surface area (Å²) in [5.41, 5.74) is 1.62. The van der Waals surface area contributed by atoms with Crippen LogP contribution in [0.15, 0.2) is 28.6 Å². The molecule has 0 saturated carbocycles. The minimum absolute atomic E-state index is 0.253. The van der Waals surface area contributed by atoms with Gasteiger partial charge in [-0.1, -0.05) is 35.2 Å². The first-order valence-electron chi connectivity index (χ1n) is 6.73. The van der Waals surface area contributed by atoms with Crippen LogP contribution in [-0.4, -0.2) is 41.1 Å². The Hall–Kier alpha value is -2.25. The molecule has 126 valence electrons. The first kappa shape index (κ1) is 18.1. The molecule has 0 saturated heterocycles. The summed E-state index contributed by atoms with van der Waals surface area (Å²) in [6, 6.07) is 8.58. The van der Waals surface area contributed by atoms with Crippen molar-refractivity contribution in [3.05, 3.63) is 35.4 Å². The maximum absolute atomic E-state index is 12.2. The van der Waals surface area contributed by atoms with Crippen molar-refractivity contribution in [2.45, 2.75) is 16.5 Å². The van der Waals surface area contributed by atoms with E-state index in [0.29, 0.717) is 15.7 Å². The predicted octanol–water partition coefficient (Wildman–Crippen LogP) is 3.43. The summed E-state index contributed by atoms with van der Waals surface area (Å²) in [6.07, 6.45) is -2.59. The molecule has 6 nitrogen and oxygen atoms in total. The van der Waals surface area contributed by atoms with Gasteiger partial charge in [0.2, 0.25) is 5.13 Å². The number of nitrogens with one attached hydrogen (secondary N) is 1. The van der Waals surface area contributed by atoms with Crippen molar-refractivity contribution in [2.24, 2.45) is 0 Å². The number of halogens is 2. The number of anilines is 1. The van der Waals surface area contributed by atoms with Crippen molar-refractivity contribution in [3.8, 4) is 6.07 Å². The molecular formula is C14H13F2N5OS2. The number of rotatable bonds is 6. The summed E-state index contributed by atoms with van der Waals surface area (Å²) in [7, 11) is 1.28. The summed E-state index contributed by atoms with van der Waals surface area (Å²) >= 11 is 2.60. The average Bonchev–Trinajstić information content (AvgIpc) is 3.00. The zero-order chi connectivity index (χ0) is 17.5. The fraction of sp³-hybridized carbons (Fsp3) is 0.286. The van der Waals surface area contributed by atoms with E-state index in [1.165, 1.54) is 30.1 Å². The highest BCUT2D eigenvalue weighted by atomic mass is 32.2. The van der Waals surface area contributed by atoms with Crippen molar-refractivity contribution >= 4 is 34.3 Å². The van der Waals surface area contributed by atoms with E-state index >= 15 is 0 Å². The van der Waals surface area contributed by atoms with Crippen LogP contribution in [-0.2, 0) is 5.75 Å². The highest BCUT2D eigenvalue weighted by Crippen LogP contribution is 2.28. The molecular weight excluding hydrogens is 356 g/mol. The lowest BCUT2D eigenvalue weighted by atomic mass is 10.2. The topological polar surface area (TPSA) is 81.9 Å². The number of urea groups is 1. The van der Waals surface area contributed by atoms with Crippen LogP contribution in [0.2, 0.25) is 0 Å². The molecule has 0 aliphatic carbocycles. The zero-order valence-electron chi connectivity index (χ0n) is 12.6. The van der Waals surface area contributed by atoms with Gasteiger partial charge in [0.25, 0.3) is 6.43 Å². The van der Waals surface area contributed by atoms with E-state index < -0.39 is 19.0 Å². The molecule has 2 aromatic rings. The van der Waals surface area contributed by atoms with Crippen LogP contribution in [0.3, 0.4) is 0 Å². The smallest absolute Gasteiger partial charge is 0.322 e. The van der Waals surface area contributed by atoms with E-state index in [9.17, 15) is 13.6 Å². The van der Waals surface area contributed by atoms with E-state index in [1.807, 2.05) is 12.1 Å². The van der Waals surface area contributed by atoms with E-state index in [2.05, 4.69) is 21.6 Å². The zero-order valence-corrected chi connectivity index (χ0v) is 14.2. The van der Waals surface area contributed by atoms with Gasteiger partial charge in [0.05, 0.1) is 18.2 Å². The molecule has 0 radical (unpaired) electrons. The fourth-order valence-electron chi connectivity index (χ4n) is 1.62. The highest BCUT2D eigenvalue weighted by molar-refractivity contribution is 8.00. The first-order chi connectivity index (χ1) is 11.5. The number of alkyl halides is 2. The van der Waals surface area contributed by atoms with Gasteiger partial charge in [-0.25, -0.2) is 13.6 Å². The average molecular weight is 369 g/mol. The summed E-state index contributed by atoms with van der Waals surface area (Å²) in [6.45, 7) is -0.648. The van der Waals surface area contributed by atoms with Crippen molar-refractivity contribution in [3.63, 3.8) is 0 Å². The standard InChI is InChI=1S/C14H13F2N5OS2/c1-21(7-11(15)16)13(22)18-12-19-20-14(24-12)23-8-10-4-2-9(6-17)3-5-10/h2-5,11H,7-8H2,1H3,(H,18,19,22). The van der Waals surface area contributed by atoms with Gasteiger partial charge in [-0.3, -0.25) is 5.32 Å². The second-order valence-electron chi connectivity index (χ2n) is 4.67. The number of hydrogen-bond acceptors (Lipinski definition) is 6. The molecule has 2 rings (SSSR count). The Kier molecular flexibility index (Phi) is 6.45. The summed E-state index contributed by atoms with van der Waals surface area (Å²) in [4.78, 5) is 12.6. The molecule has 0 aliphatic rings. The molecule has 1 aromatic carbocycles. The van der Waals surface area contributed by atoms with Gasteiger partial charge in [0.1, 0.15) is 0 Å². The second kappa shape index (κ2) is 8.56. The van der Waals surface area contributed by atoms with Crippen LogP contribution >= 0.6 is 23.1 Å². The molecule has 0 fully saturated rings. The lowest BCUT2D eigenvalue weighted by molar-refractivity contribution is 0.111. The van der Waals surface area contributed by atoms with Crippen LogP contribution in [0.25, 0.3) is 0 Å². The van der Waals surface area contributed by atoms with Crippen LogP contribution in [0.4, 0.5) is 18.7 Å². The lowest BCUT2D eigenvalue weighted by Crippen LogP contribution is -2.34. The lowest BCUT2D eigenvalue weighted by Gasteiger charge is -2.15. The third-order valence-corrected chi connectivity index (χ3v) is 4.87. The molecule has 1 aromatic heterocycles. The minimum atomic E-state index is -2.59. The van der Waals surface area contributed by atoms with Crippen LogP contribution in [0, 0.1) is 11.3 Å². The van der Waals surface area contributed by atoms with Gasteiger partial charge in [0, 0.05) is 12.8 Å². The molecule has 24 heavy (non-hydrogen) atoms. The summed E-state index contributed by atoms with van der Waals surface area (Å²) in [5, 5.41) is 19.2. The van der Waals surface area contributed by atoms with Crippen LogP contribution < -0.4 is 5.32 Å². The number of aromatic nitrogens is 2. The second-order valence-corrected chi connectivity index (χ2v) is 6.87. The summed E-state index contributed by atoms with van der Waals surface area (Å²) in [5.74, 6) is 0.638. The maximum Gasteiger partial charge on any atom is 0.323 e. The Balaban J connectivity index is 1.86. The molecule has 2 amide bonds. The quantitative estimate of drug-likeness (QED) is 0.623. The van der Waals surface area contributed by atoms with E-state index in [1.54, 1.807) is 12.1 Å². The van der Waals surface area contributed by atoms with E-state index in [0.717, 1.165) is 10.5 Å². The highest BCUT2D eigenvalue weighted by Gasteiger charge is 2.16. The molecule has 10 heteroatoms. The fourth-order valence-corrected chi connectivity index (χ4v) is 3.31. The third-order valence-electron chi connectivity index (χ3n) is 2.82. The number of thioether (sulfide) groups is 1. The largest absolute Gasteiger partial charge is 0.323 e. The Bertz CT molecular complexity index is 730. The Morgan fingerprint density at radius 3 is 2.75 bits per heavy atom. The van der Waals surface area contributed by atoms with Gasteiger partial charge in [-0.15, -0.1) is 10.2 Å². The van der Waals surface area contributed by atoms with Gasteiger partial charge in [-0.2, -0.15) is 5.26 Å². The Morgan fingerprint density at radius 2 is 2.12 bits per heavy atom. The molecule has 0 atom stereocenters. The summed E-state index contributed by atoms with van der Waals surface area (Å²) < 4.78 is 25.1. The van der Waals surface area contributed by atoms with Crippen molar-refractivity contribution in [1.82, 2.24) is 15.1 Å². The predicted molar refractivity (Wildman–Crippen MR) is 88.3 cm³/mol. The van der Waals surface area contributed by atoms with Gasteiger partial charge in [0.15, 0.2) is 4.34 Å². The Labute approximate surface area is 145 Å². The normalized spacial score (nSPS) is 10.5. The monoisotopic (exact) mass is 369 g/mol. The van der Waals surface area contributed by atoms with Crippen molar-refractivity contribution in [2.75, 3.05) is 18.9 Å². The molecule has 1 heterocycles. The number of benzene rings is 1. The number of carbonyl (C=O) groups is 1. The van der Waals surface area contributed by atoms with Gasteiger partial charge in [-0.05, 0) is 17.7 Å². The van der Waals surface area contributed by atoms with Gasteiger partial charge >= 0.3 is 6.03 Å². The van der Waals surface area contributed by atoms with Crippen molar-refractivity contribution in [1.29, 1.82) is 5.26 Å². The number of carbonyl (C=O) groups excluding carboxylic acids is 1. The number of hydrogen-bond donors (Lipinski definition) is 1. The molecule has 0 aliphatic heterocycles. The third kappa shape index (κ3) is 5.43. The molecule has 1 N–H and O–H groups in total. The number of amides is 2. The van der Waals surface area contributed by atoms with Crippen LogP contribution in [0.5, 0.6) is 0 Å². The van der Waals surface area contributed by atoms with Crippen molar-refractivity contribution < 1.29 is 13.6 Å². The molecule has 0 unspecified atom stereocenters. The Morgan fingerprint density at radius 1 is 1.42 bits per heavy atom. The maximum atomic E-state index is 12.2. The number of nitriles is 1. The van der Waals surface area contributed by atoms with Crippen LogP contribution in [0.1, 0.15) is 11.1 Å². The van der Waals surface area contributed by atoms with E-state index in [-0.39, 0.29) is 5.13 Å². The van der Waals surface area contributed by atoms with E-state index in [4.69, 9.17) is 5.26 Å².